The molecule has 0 spiro atoms. The number of ether oxygens (including phenoxy) is 4. The summed E-state index contributed by atoms with van der Waals surface area (Å²) < 4.78 is 21.9. The maximum atomic E-state index is 14.1. The fraction of sp³-hybridized carbons (Fsp3) is 0.547. The van der Waals surface area contributed by atoms with Gasteiger partial charge in [-0.15, -0.1) is 12.8 Å². The Balaban J connectivity index is 0.000000373. The Bertz CT molecular complexity index is 2700. The van der Waals surface area contributed by atoms with Crippen molar-refractivity contribution in [3.8, 4) is 30.4 Å². The highest BCUT2D eigenvalue weighted by Crippen LogP contribution is 2.24. The number of amides is 7. The third-order valence-electron chi connectivity index (χ3n) is 15.2. The van der Waals surface area contributed by atoms with Gasteiger partial charge in [-0.3, -0.25) is 33.7 Å². The van der Waals surface area contributed by atoms with Gasteiger partial charge in [0.1, 0.15) is 48.7 Å². The van der Waals surface area contributed by atoms with Crippen molar-refractivity contribution in [2.24, 2.45) is 5.73 Å². The van der Waals surface area contributed by atoms with Crippen molar-refractivity contribution in [1.29, 1.82) is 0 Å². The Labute approximate surface area is 505 Å². The molecule has 0 saturated carbocycles. The maximum absolute atomic E-state index is 14.1. The number of carbonyl (C=O) groups excluding carboxylic acids is 7. The Morgan fingerprint density at radius 2 is 1.19 bits per heavy atom. The van der Waals surface area contributed by atoms with Crippen LogP contribution in [-0.2, 0) is 57.4 Å². The van der Waals surface area contributed by atoms with Gasteiger partial charge < -0.3 is 60.2 Å². The Kier molecular flexibility index (Phi) is 29.0. The normalized spacial score (nSPS) is 17.1. The molecule has 20 nitrogen and oxygen atoms in total. The molecule has 3 aromatic rings. The lowest BCUT2D eigenvalue weighted by Crippen LogP contribution is -2.59. The number of likely N-dealkylation sites (tertiary alicyclic amines) is 2. The summed E-state index contributed by atoms with van der Waals surface area (Å²) in [6.07, 6.45) is 13.7. The maximum Gasteiger partial charge on any atom is 0.410 e. The number of carbonyl (C=O) groups is 7. The van der Waals surface area contributed by atoms with Crippen LogP contribution in [0.2, 0.25) is 0 Å². The highest BCUT2D eigenvalue weighted by Gasteiger charge is 2.41. The van der Waals surface area contributed by atoms with E-state index in [1.54, 1.807) is 58.5 Å². The molecular weight excluding hydrogens is 1080 g/mol. The molecule has 21 heteroatoms. The number of hydrogen-bond acceptors (Lipinski definition) is 13. The smallest absolute Gasteiger partial charge is 0.410 e. The number of rotatable bonds is 28. The van der Waals surface area contributed by atoms with E-state index in [1.165, 1.54) is 31.5 Å². The first kappa shape index (κ1) is 70.1. The van der Waals surface area contributed by atoms with Crippen LogP contribution in [0, 0.1) is 24.7 Å². The van der Waals surface area contributed by atoms with Gasteiger partial charge in [0, 0.05) is 58.9 Å². The molecular formula is C64H90BN9O11. The quantitative estimate of drug-likeness (QED) is 0.0451. The lowest BCUT2D eigenvalue weighted by molar-refractivity contribution is -0.143. The number of nitrogens with two attached hydrogens (primary N) is 1. The van der Waals surface area contributed by atoms with Gasteiger partial charge in [0.25, 0.3) is 0 Å². The van der Waals surface area contributed by atoms with E-state index in [-0.39, 0.29) is 49.6 Å². The fourth-order valence-corrected chi connectivity index (χ4v) is 9.84. The van der Waals surface area contributed by atoms with Crippen LogP contribution >= 0.6 is 0 Å². The summed E-state index contributed by atoms with van der Waals surface area (Å²) in [5.41, 5.74) is 9.04. The second-order valence-corrected chi connectivity index (χ2v) is 22.6. The predicted octanol–water partition coefficient (Wildman–Crippen LogP) is 4.35. The molecule has 0 unspecified atom stereocenters. The first-order chi connectivity index (χ1) is 40.4. The Morgan fingerprint density at radius 3 is 1.67 bits per heavy atom. The first-order valence-corrected chi connectivity index (χ1v) is 29.2. The summed E-state index contributed by atoms with van der Waals surface area (Å²) in [6, 6.07) is 22.6. The van der Waals surface area contributed by atoms with E-state index < -0.39 is 71.7 Å². The monoisotopic (exact) mass is 1170 g/mol. The van der Waals surface area contributed by atoms with Crippen molar-refractivity contribution in [2.45, 2.75) is 154 Å². The SMILES string of the molecule is C#CCO[C@H](C)[C@H](NC(=O)[C@H](C)N(C)C(=O)OC(C)(C)C)C(=O)N1CCC[C@H]1CNCCc1ccccc1.[B]C(=O)N(C)[C@@H](C)C(=O)N[C@H](C(=O)N1CCC[C@H]1CN(CCc1ccccc1)C(=O)[C@H](N)Cc1ccc(OC)cc1)[C@@H](C)OCC#C. The number of terminal acetylenes is 2. The van der Waals surface area contributed by atoms with Gasteiger partial charge in [0.15, 0.2) is 5.81 Å². The number of nitrogens with zero attached hydrogens (tertiary/aromatic N) is 5. The highest BCUT2D eigenvalue weighted by molar-refractivity contribution is 6.57. The number of benzene rings is 3. The van der Waals surface area contributed by atoms with Crippen molar-refractivity contribution in [3.63, 3.8) is 0 Å². The number of hydrogen-bond donors (Lipinski definition) is 4. The molecule has 3 aromatic carbocycles. The Hall–Kier alpha value is -7.43. The minimum Gasteiger partial charge on any atom is -0.497 e. The van der Waals surface area contributed by atoms with E-state index in [4.69, 9.17) is 45.4 Å². The molecule has 2 radical (unpaired) electrons. The van der Waals surface area contributed by atoms with E-state index in [9.17, 15) is 33.6 Å². The summed E-state index contributed by atoms with van der Waals surface area (Å²) in [5, 5.41) is 9.04. The Morgan fingerprint density at radius 1 is 0.706 bits per heavy atom. The van der Waals surface area contributed by atoms with Gasteiger partial charge in [-0.25, -0.2) is 4.79 Å². The molecule has 0 aliphatic carbocycles. The van der Waals surface area contributed by atoms with E-state index in [0.717, 1.165) is 48.3 Å². The summed E-state index contributed by atoms with van der Waals surface area (Å²) >= 11 is 0. The molecule has 0 bridgehead atoms. The molecule has 85 heavy (non-hydrogen) atoms. The van der Waals surface area contributed by atoms with Crippen LogP contribution in [0.15, 0.2) is 84.9 Å². The van der Waals surface area contributed by atoms with Crippen molar-refractivity contribution < 1.29 is 52.5 Å². The van der Waals surface area contributed by atoms with E-state index in [2.05, 4.69) is 39.9 Å². The molecule has 2 aliphatic rings. The van der Waals surface area contributed by atoms with Crippen LogP contribution in [0.3, 0.4) is 0 Å². The van der Waals surface area contributed by atoms with Crippen LogP contribution in [0.5, 0.6) is 5.75 Å². The molecule has 9 atom stereocenters. The van der Waals surface area contributed by atoms with Gasteiger partial charge in [0.05, 0.1) is 25.4 Å². The minimum absolute atomic E-state index is 0.0126. The lowest BCUT2D eigenvalue weighted by Gasteiger charge is -2.36. The van der Waals surface area contributed by atoms with Gasteiger partial charge in [-0.2, -0.15) is 0 Å². The van der Waals surface area contributed by atoms with Crippen molar-refractivity contribution >= 4 is 49.3 Å². The van der Waals surface area contributed by atoms with E-state index >= 15 is 0 Å². The molecule has 2 aliphatic heterocycles. The third kappa shape index (κ3) is 22.5. The lowest BCUT2D eigenvalue weighted by atomic mass is 10.0. The molecule has 460 valence electrons. The zero-order chi connectivity index (χ0) is 62.8. The summed E-state index contributed by atoms with van der Waals surface area (Å²) in [5.74, 6) is 2.89. The van der Waals surface area contributed by atoms with Crippen LogP contribution in [0.25, 0.3) is 0 Å². The van der Waals surface area contributed by atoms with E-state index in [1.807, 2.05) is 77.7 Å². The first-order valence-electron chi connectivity index (χ1n) is 29.2. The average molecular weight is 1170 g/mol. The summed E-state index contributed by atoms with van der Waals surface area (Å²) in [4.78, 5) is 99.7. The van der Waals surface area contributed by atoms with Crippen LogP contribution in [0.1, 0.15) is 90.8 Å². The van der Waals surface area contributed by atoms with E-state index in [0.29, 0.717) is 51.2 Å². The topological polar surface area (TPSA) is 235 Å². The minimum atomic E-state index is -1.09. The van der Waals surface area contributed by atoms with Gasteiger partial charge in [-0.05, 0) is 129 Å². The summed E-state index contributed by atoms with van der Waals surface area (Å²) in [7, 11) is 9.84. The van der Waals surface area contributed by atoms with Gasteiger partial charge in [0.2, 0.25) is 37.4 Å². The van der Waals surface area contributed by atoms with Crippen LogP contribution in [-0.4, -0.2) is 208 Å². The van der Waals surface area contributed by atoms with Gasteiger partial charge in [-0.1, -0.05) is 84.6 Å². The zero-order valence-corrected chi connectivity index (χ0v) is 51.4. The second kappa shape index (κ2) is 35.1. The van der Waals surface area contributed by atoms with Gasteiger partial charge >= 0.3 is 6.09 Å². The van der Waals surface area contributed by atoms with Crippen molar-refractivity contribution in [1.82, 2.24) is 40.4 Å². The molecule has 2 heterocycles. The third-order valence-corrected chi connectivity index (χ3v) is 15.2. The number of methoxy groups -OCH3 is 1. The highest BCUT2D eigenvalue weighted by atomic mass is 16.6. The second-order valence-electron chi connectivity index (χ2n) is 22.6. The van der Waals surface area contributed by atoms with Crippen molar-refractivity contribution in [3.05, 3.63) is 102 Å². The fourth-order valence-electron chi connectivity index (χ4n) is 9.84. The molecule has 2 saturated heterocycles. The molecule has 2 fully saturated rings. The number of likely N-dealkylation sites (N-methyl/N-ethyl adjacent to an activating group) is 2. The molecule has 5 rings (SSSR count). The molecule has 0 aromatic heterocycles. The molecule has 5 N–H and O–H groups in total. The van der Waals surface area contributed by atoms with Crippen LogP contribution < -0.4 is 26.4 Å². The predicted molar refractivity (Wildman–Crippen MR) is 328 cm³/mol. The van der Waals surface area contributed by atoms with Crippen LogP contribution in [0.4, 0.5) is 9.59 Å². The summed E-state index contributed by atoms with van der Waals surface area (Å²) in [6.45, 7) is 14.9. The zero-order valence-electron chi connectivity index (χ0n) is 51.4. The largest absolute Gasteiger partial charge is 0.497 e. The van der Waals surface area contributed by atoms with Crippen molar-refractivity contribution in [2.75, 3.05) is 73.7 Å². The standard InChI is InChI=1S/C35H46BN5O6.C29H44N4O5/c1-6-21-47-25(3)31(38-32(42)24(2)39(4)35(36)45)34(44)41-19-10-13-28(41)23-40(20-18-26-11-8-7-9-12-26)33(43)30(37)22-27-14-16-29(46-5)17-15-27;1-8-19-37-22(3)25(31-26(34)21(2)32(7)28(36)38-29(4,5)6)27(35)33-18-12-15-24(33)20-30-17-16-23-13-10-9-11-14-23/h1,7-9,11-12,14-17,24-25,28,30-31H,10,13,18-23,37H2,2-5H3,(H,38,42);1,9-11,13-14,21-22,24-25,30H,12,15-20H2,2-7H3,(H,31,34)/t24-,25+,28-,30+,31-;21-,22+,24-,25-/m00/s1. The molecule has 7 amide bonds. The number of nitrogens with one attached hydrogen (secondary N) is 3. The average Bonchev–Trinajstić information content (AvgIpc) is 3.78.